The van der Waals surface area contributed by atoms with Crippen LogP contribution in [0.2, 0.25) is 10.0 Å². The summed E-state index contributed by atoms with van der Waals surface area (Å²) >= 11 is 12.0. The molecule has 4 rings (SSSR count). The summed E-state index contributed by atoms with van der Waals surface area (Å²) in [7, 11) is 0. The van der Waals surface area contributed by atoms with E-state index >= 15 is 0 Å². The van der Waals surface area contributed by atoms with Gasteiger partial charge in [0.1, 0.15) is 18.1 Å². The molecule has 164 valence electrons. The largest absolute Gasteiger partial charge is 0.489 e. The molecule has 1 N–H and O–H groups in total. The van der Waals surface area contributed by atoms with Crippen LogP contribution in [0.4, 0.5) is 5.82 Å². The lowest BCUT2D eigenvalue weighted by molar-refractivity contribution is 0.101. The Kier molecular flexibility index (Phi) is 6.48. The van der Waals surface area contributed by atoms with Crippen molar-refractivity contribution in [2.75, 3.05) is 5.32 Å². The standard InChI is InChI=1S/C23H20Cl2N4O3/c1-14-10-21(27-29(14)12-16-4-3-5-18(25)11-16)26-23(30)22-20(15(2)32-28-22)13-31-19-8-6-17(24)7-9-19/h3-11H,12-13H2,1-2H3,(H,26,27,30). The first-order valence-electron chi connectivity index (χ1n) is 9.83. The zero-order valence-electron chi connectivity index (χ0n) is 17.4. The van der Waals surface area contributed by atoms with Gasteiger partial charge in [-0.05, 0) is 55.8 Å². The molecule has 0 unspecified atom stereocenters. The minimum atomic E-state index is -0.427. The van der Waals surface area contributed by atoms with Gasteiger partial charge in [0.25, 0.3) is 5.91 Å². The van der Waals surface area contributed by atoms with Crippen LogP contribution in [0.3, 0.4) is 0 Å². The van der Waals surface area contributed by atoms with E-state index in [9.17, 15) is 4.79 Å². The van der Waals surface area contributed by atoms with Crippen molar-refractivity contribution >= 4 is 34.9 Å². The summed E-state index contributed by atoms with van der Waals surface area (Å²) in [5.74, 6) is 1.12. The Morgan fingerprint density at radius 3 is 2.62 bits per heavy atom. The van der Waals surface area contributed by atoms with Crippen molar-refractivity contribution < 1.29 is 14.1 Å². The molecule has 1 amide bonds. The molecule has 2 aromatic carbocycles. The van der Waals surface area contributed by atoms with Crippen molar-refractivity contribution in [3.05, 3.63) is 92.9 Å². The highest BCUT2D eigenvalue weighted by atomic mass is 35.5. The number of rotatable bonds is 7. The lowest BCUT2D eigenvalue weighted by atomic mass is 10.2. The maximum absolute atomic E-state index is 12.9. The molecule has 0 saturated heterocycles. The van der Waals surface area contributed by atoms with Crippen LogP contribution in [-0.4, -0.2) is 20.8 Å². The Hall–Kier alpha value is -3.29. The molecule has 0 aliphatic rings. The summed E-state index contributed by atoms with van der Waals surface area (Å²) in [6.45, 7) is 4.31. The number of nitrogens with zero attached hydrogens (tertiary/aromatic N) is 3. The van der Waals surface area contributed by atoms with Crippen LogP contribution in [0.25, 0.3) is 0 Å². The second-order valence-corrected chi connectivity index (χ2v) is 8.09. The van der Waals surface area contributed by atoms with Crippen molar-refractivity contribution in [2.45, 2.75) is 27.0 Å². The predicted molar refractivity (Wildman–Crippen MR) is 122 cm³/mol. The van der Waals surface area contributed by atoms with Crippen molar-refractivity contribution in [2.24, 2.45) is 0 Å². The van der Waals surface area contributed by atoms with Crippen LogP contribution in [0, 0.1) is 13.8 Å². The van der Waals surface area contributed by atoms with Gasteiger partial charge in [-0.25, -0.2) is 0 Å². The zero-order chi connectivity index (χ0) is 22.7. The first-order valence-corrected chi connectivity index (χ1v) is 10.6. The van der Waals surface area contributed by atoms with E-state index in [1.165, 1.54) is 0 Å². The number of ether oxygens (including phenoxy) is 1. The average Bonchev–Trinajstić information content (AvgIpc) is 3.29. The normalized spacial score (nSPS) is 10.9. The molecule has 0 aliphatic carbocycles. The van der Waals surface area contributed by atoms with Crippen LogP contribution >= 0.6 is 23.2 Å². The van der Waals surface area contributed by atoms with Crippen molar-refractivity contribution in [1.82, 2.24) is 14.9 Å². The number of hydrogen-bond donors (Lipinski definition) is 1. The molecule has 7 nitrogen and oxygen atoms in total. The van der Waals surface area contributed by atoms with Gasteiger partial charge < -0.3 is 14.6 Å². The van der Waals surface area contributed by atoms with E-state index in [4.69, 9.17) is 32.5 Å². The molecule has 2 aromatic heterocycles. The number of aromatic nitrogens is 3. The third-order valence-electron chi connectivity index (χ3n) is 4.84. The maximum atomic E-state index is 12.9. The van der Waals surface area contributed by atoms with Gasteiger partial charge in [-0.15, -0.1) is 0 Å². The van der Waals surface area contributed by atoms with Crippen LogP contribution in [0.1, 0.15) is 33.1 Å². The van der Waals surface area contributed by atoms with Gasteiger partial charge in [-0.3, -0.25) is 9.48 Å². The van der Waals surface area contributed by atoms with Crippen molar-refractivity contribution in [3.8, 4) is 5.75 Å². The molecule has 0 atom stereocenters. The summed E-state index contributed by atoms with van der Waals surface area (Å²) in [6, 6.07) is 16.3. The van der Waals surface area contributed by atoms with Crippen LogP contribution in [0.5, 0.6) is 5.75 Å². The minimum absolute atomic E-state index is 0.127. The fourth-order valence-electron chi connectivity index (χ4n) is 3.14. The Morgan fingerprint density at radius 1 is 1.09 bits per heavy atom. The molecule has 32 heavy (non-hydrogen) atoms. The quantitative estimate of drug-likeness (QED) is 0.375. The van der Waals surface area contributed by atoms with E-state index in [2.05, 4.69) is 15.6 Å². The van der Waals surface area contributed by atoms with E-state index < -0.39 is 5.91 Å². The summed E-state index contributed by atoms with van der Waals surface area (Å²) in [5, 5.41) is 12.4. The number of carbonyl (C=O) groups is 1. The highest BCUT2D eigenvalue weighted by molar-refractivity contribution is 6.30. The number of nitrogens with one attached hydrogen (secondary N) is 1. The minimum Gasteiger partial charge on any atom is -0.489 e. The number of benzene rings is 2. The molecule has 0 fully saturated rings. The van der Waals surface area contributed by atoms with Crippen LogP contribution in [-0.2, 0) is 13.2 Å². The smallest absolute Gasteiger partial charge is 0.279 e. The first kappa shape index (κ1) is 21.9. The van der Waals surface area contributed by atoms with Crippen molar-refractivity contribution in [1.29, 1.82) is 0 Å². The van der Waals surface area contributed by atoms with E-state index in [1.54, 1.807) is 41.9 Å². The third-order valence-corrected chi connectivity index (χ3v) is 5.33. The van der Waals surface area contributed by atoms with E-state index in [0.29, 0.717) is 39.5 Å². The van der Waals surface area contributed by atoms with E-state index in [-0.39, 0.29) is 12.3 Å². The van der Waals surface area contributed by atoms with Gasteiger partial charge in [0.15, 0.2) is 11.5 Å². The zero-order valence-corrected chi connectivity index (χ0v) is 18.9. The van der Waals surface area contributed by atoms with Gasteiger partial charge in [0.2, 0.25) is 0 Å². The van der Waals surface area contributed by atoms with Gasteiger partial charge in [-0.1, -0.05) is 40.5 Å². The molecule has 0 spiro atoms. The fourth-order valence-corrected chi connectivity index (χ4v) is 3.48. The van der Waals surface area contributed by atoms with Gasteiger partial charge in [-0.2, -0.15) is 5.10 Å². The van der Waals surface area contributed by atoms with Gasteiger partial charge in [0, 0.05) is 21.8 Å². The topological polar surface area (TPSA) is 82.2 Å². The summed E-state index contributed by atoms with van der Waals surface area (Å²) in [6.07, 6.45) is 0. The number of halogens is 2. The maximum Gasteiger partial charge on any atom is 0.279 e. The van der Waals surface area contributed by atoms with E-state index in [1.807, 2.05) is 31.2 Å². The number of hydrogen-bond acceptors (Lipinski definition) is 5. The average molecular weight is 471 g/mol. The molecule has 4 aromatic rings. The predicted octanol–water partition coefficient (Wildman–Crippen LogP) is 5.67. The lowest BCUT2D eigenvalue weighted by Crippen LogP contribution is -2.16. The highest BCUT2D eigenvalue weighted by Crippen LogP contribution is 2.21. The molecule has 0 radical (unpaired) electrons. The number of aryl methyl sites for hydroxylation is 2. The Balaban J connectivity index is 1.46. The molecular weight excluding hydrogens is 451 g/mol. The summed E-state index contributed by atoms with van der Waals surface area (Å²) in [4.78, 5) is 12.9. The van der Waals surface area contributed by atoms with E-state index in [0.717, 1.165) is 11.3 Å². The van der Waals surface area contributed by atoms with Gasteiger partial charge in [0.05, 0.1) is 12.1 Å². The van der Waals surface area contributed by atoms with Crippen molar-refractivity contribution in [3.63, 3.8) is 0 Å². The second kappa shape index (κ2) is 9.46. The van der Waals surface area contributed by atoms with Gasteiger partial charge >= 0.3 is 0 Å². The molecule has 9 heteroatoms. The van der Waals surface area contributed by atoms with Crippen LogP contribution < -0.4 is 10.1 Å². The molecule has 2 heterocycles. The highest BCUT2D eigenvalue weighted by Gasteiger charge is 2.21. The summed E-state index contributed by atoms with van der Waals surface area (Å²) in [5.41, 5.74) is 2.62. The monoisotopic (exact) mass is 470 g/mol. The molecule has 0 bridgehead atoms. The Bertz CT molecular complexity index is 1250. The SMILES string of the molecule is Cc1onc(C(=O)Nc2cc(C)n(Cc3cccc(Cl)c3)n2)c1COc1ccc(Cl)cc1. The third kappa shape index (κ3) is 5.12. The molecule has 0 aliphatic heterocycles. The second-order valence-electron chi connectivity index (χ2n) is 7.22. The fraction of sp³-hybridized carbons (Fsp3) is 0.174. The number of amides is 1. The Morgan fingerprint density at radius 2 is 1.88 bits per heavy atom. The lowest BCUT2D eigenvalue weighted by Gasteiger charge is -2.07. The Labute approximate surface area is 194 Å². The number of carbonyl (C=O) groups excluding carboxylic acids is 1. The molecule has 0 saturated carbocycles. The summed E-state index contributed by atoms with van der Waals surface area (Å²) < 4.78 is 12.8. The number of anilines is 1. The van der Waals surface area contributed by atoms with Crippen LogP contribution in [0.15, 0.2) is 59.1 Å². The molecular formula is C23H20Cl2N4O3. The first-order chi connectivity index (χ1) is 15.4.